The molecular weight excluding hydrogens is 418 g/mol. The van der Waals surface area contributed by atoms with Crippen LogP contribution in [-0.4, -0.2) is 34.2 Å². The van der Waals surface area contributed by atoms with Gasteiger partial charge in [0.1, 0.15) is 6.29 Å². The first-order valence-corrected chi connectivity index (χ1v) is 15.3. The molecule has 2 unspecified atom stereocenters. The third-order valence-corrected chi connectivity index (χ3v) is 13.3. The van der Waals surface area contributed by atoms with Crippen molar-refractivity contribution in [1.29, 1.82) is 1.28 Å². The summed E-state index contributed by atoms with van der Waals surface area (Å²) >= 11 is 0. The maximum absolute atomic E-state index is 11.6. The van der Waals surface area contributed by atoms with Crippen molar-refractivity contribution < 1.29 is 18.3 Å². The zero-order valence-electron chi connectivity index (χ0n) is 19.7. The van der Waals surface area contributed by atoms with E-state index in [0.717, 1.165) is 43.7 Å². The maximum Gasteiger partial charge on any atom is 0.192 e. The first kappa shape index (κ1) is 24.3. The fraction of sp³-hybridized carbons (Fsp3) is 0.955. The second-order valence-corrected chi connectivity index (χ2v) is 14.4. The minimum atomic E-state index is -1.76. The van der Waals surface area contributed by atoms with Gasteiger partial charge in [-0.25, -0.2) is 0 Å². The lowest BCUT2D eigenvalue weighted by atomic mass is 9.81. The Hall–Kier alpha value is 0.627. The highest BCUT2D eigenvalue weighted by Gasteiger charge is 2.46. The molecule has 2 aliphatic rings. The lowest BCUT2D eigenvalue weighted by Gasteiger charge is -2.35. The predicted octanol–water partition coefficient (Wildman–Crippen LogP) is 6.31. The molecule has 2 aliphatic carbocycles. The van der Waals surface area contributed by atoms with Gasteiger partial charge in [-0.15, -0.1) is 0 Å². The summed E-state index contributed by atoms with van der Waals surface area (Å²) in [7, 11) is 0.471. The van der Waals surface area contributed by atoms with Crippen LogP contribution < -0.4 is 0 Å². The molecule has 29 heavy (non-hydrogen) atoms. The van der Waals surface area contributed by atoms with E-state index in [4.69, 9.17) is 14.8 Å². The van der Waals surface area contributed by atoms with Crippen LogP contribution in [-0.2, 0) is 18.3 Å². The summed E-state index contributed by atoms with van der Waals surface area (Å²) in [5.41, 5.74) is 0. The van der Waals surface area contributed by atoms with E-state index in [2.05, 4.69) is 30.2 Å². The second-order valence-electron chi connectivity index (χ2n) is 9.17. The molecule has 7 atom stereocenters. The smallest absolute Gasteiger partial charge is 0.192 e. The number of aldehydes is 1. The standard InChI is InChI=1S/C22H44O4P2Si/c1-4-29(5-2,6-3)26-22-16-21(25-28)18(19(22)14-15-23)12-13-20(24-27)17-10-8-7-9-11-17/h15,17-22H,4-14,16,27-28H2,1-3H3/t18-,19-,20-,21-,22+/m1/s1/i28T/t18-,19-,20-,21-,22+,28?. The fourth-order valence-electron chi connectivity index (χ4n) is 5.84. The summed E-state index contributed by atoms with van der Waals surface area (Å²) in [4.78, 5) is 11.6. The molecule has 0 aliphatic heterocycles. The lowest BCUT2D eigenvalue weighted by molar-refractivity contribution is -0.109. The zero-order valence-corrected chi connectivity index (χ0v) is 21.9. The van der Waals surface area contributed by atoms with Crippen LogP contribution >= 0.6 is 18.9 Å². The average Bonchev–Trinajstić information content (AvgIpc) is 3.09. The molecule has 0 heterocycles. The summed E-state index contributed by atoms with van der Waals surface area (Å²) in [6.45, 7) is 6.76. The van der Waals surface area contributed by atoms with Gasteiger partial charge in [0.15, 0.2) is 8.32 Å². The van der Waals surface area contributed by atoms with Crippen LogP contribution in [0.3, 0.4) is 0 Å². The summed E-state index contributed by atoms with van der Waals surface area (Å²) in [6.07, 6.45) is 11.3. The number of carbonyl (C=O) groups excluding carboxylic acids is 1. The summed E-state index contributed by atoms with van der Waals surface area (Å²) in [5.74, 6) is 1.13. The molecule has 170 valence electrons. The third kappa shape index (κ3) is 6.80. The van der Waals surface area contributed by atoms with Crippen LogP contribution in [0.5, 0.6) is 0 Å². The van der Waals surface area contributed by atoms with Gasteiger partial charge in [0.25, 0.3) is 0 Å². The van der Waals surface area contributed by atoms with Crippen molar-refractivity contribution in [3.63, 3.8) is 0 Å². The van der Waals surface area contributed by atoms with Gasteiger partial charge in [-0.2, -0.15) is 0 Å². The van der Waals surface area contributed by atoms with E-state index in [9.17, 15) is 4.79 Å². The van der Waals surface area contributed by atoms with Crippen molar-refractivity contribution in [2.24, 2.45) is 17.8 Å². The van der Waals surface area contributed by atoms with Crippen LogP contribution in [0, 0.1) is 17.8 Å². The predicted molar refractivity (Wildman–Crippen MR) is 129 cm³/mol. The van der Waals surface area contributed by atoms with Crippen LogP contribution in [0.15, 0.2) is 0 Å². The third-order valence-electron chi connectivity index (χ3n) is 7.96. The largest absolute Gasteiger partial charge is 0.414 e. The van der Waals surface area contributed by atoms with Gasteiger partial charge in [0, 0.05) is 25.3 Å². The number of hydrogen-bond acceptors (Lipinski definition) is 4. The maximum atomic E-state index is 11.6. The highest BCUT2D eigenvalue weighted by molar-refractivity contribution is 7.10. The van der Waals surface area contributed by atoms with E-state index >= 15 is 0 Å². The van der Waals surface area contributed by atoms with Gasteiger partial charge in [0.05, 0.1) is 19.6 Å². The Bertz CT molecular complexity index is 483. The topological polar surface area (TPSA) is 44.8 Å². The zero-order chi connectivity index (χ0) is 22.0. The van der Waals surface area contributed by atoms with Gasteiger partial charge in [-0.1, -0.05) is 40.0 Å². The highest BCUT2D eigenvalue weighted by Crippen LogP contribution is 2.44. The normalized spacial score (nSPS) is 30.7. The Morgan fingerprint density at radius 2 is 1.79 bits per heavy atom. The van der Waals surface area contributed by atoms with Gasteiger partial charge in [-0.3, -0.25) is 0 Å². The van der Waals surface area contributed by atoms with E-state index in [0.29, 0.717) is 12.3 Å². The Morgan fingerprint density at radius 3 is 2.34 bits per heavy atom. The van der Waals surface area contributed by atoms with Crippen LogP contribution in [0.1, 0.15) is 78.6 Å². The van der Waals surface area contributed by atoms with Crippen molar-refractivity contribution in [2.75, 3.05) is 0 Å². The Morgan fingerprint density at radius 1 is 1.10 bits per heavy atom. The van der Waals surface area contributed by atoms with Crippen molar-refractivity contribution in [2.45, 2.75) is 115 Å². The first-order chi connectivity index (χ1) is 14.6. The summed E-state index contributed by atoms with van der Waals surface area (Å²) in [5, 5.41) is 0. The number of hydrogen-bond donors (Lipinski definition) is 0. The highest BCUT2D eigenvalue weighted by atomic mass is 31.0. The molecule has 0 aromatic heterocycles. The number of rotatable bonds is 14. The van der Waals surface area contributed by atoms with Crippen molar-refractivity contribution in [3.05, 3.63) is 0 Å². The molecule has 2 rings (SSSR count). The van der Waals surface area contributed by atoms with E-state index in [-0.39, 0.29) is 39.6 Å². The van der Waals surface area contributed by atoms with E-state index in [1.807, 2.05) is 0 Å². The van der Waals surface area contributed by atoms with Gasteiger partial charge in [0.2, 0.25) is 0 Å². The lowest BCUT2D eigenvalue weighted by Crippen LogP contribution is -2.41. The molecular formula is C22H44O4P2Si. The molecule has 0 spiro atoms. The van der Waals surface area contributed by atoms with Crippen molar-refractivity contribution in [3.8, 4) is 0 Å². The molecule has 4 nitrogen and oxygen atoms in total. The quantitative estimate of drug-likeness (QED) is 0.172. The SMILES string of the molecule is [3H]PO[C@@H]1C[C@H](O[Si](CC)(CC)CC)[C@H](CC=O)[C@H]1CC[C@@H](OP)C1CCCCC1. The van der Waals surface area contributed by atoms with E-state index in [1.165, 1.54) is 32.1 Å². The fourth-order valence-corrected chi connectivity index (χ4v) is 9.38. The molecule has 2 saturated carbocycles. The summed E-state index contributed by atoms with van der Waals surface area (Å²) in [6, 6.07) is 3.35. The van der Waals surface area contributed by atoms with Gasteiger partial charge < -0.3 is 18.3 Å². The molecule has 0 aromatic rings. The second kappa shape index (κ2) is 13.2. The number of carbonyl (C=O) groups is 1. The van der Waals surface area contributed by atoms with E-state index < -0.39 is 8.32 Å². The van der Waals surface area contributed by atoms with Crippen LogP contribution in [0.2, 0.25) is 18.1 Å². The van der Waals surface area contributed by atoms with Gasteiger partial charge >= 0.3 is 0 Å². The molecule has 2 fully saturated rings. The Kier molecular flexibility index (Phi) is 11.1. The summed E-state index contributed by atoms with van der Waals surface area (Å²) < 4.78 is 26.3. The van der Waals surface area contributed by atoms with Crippen molar-refractivity contribution in [1.82, 2.24) is 0 Å². The van der Waals surface area contributed by atoms with Gasteiger partial charge in [-0.05, 0) is 68.0 Å². The molecule has 0 saturated heterocycles. The average molecular weight is 465 g/mol. The van der Waals surface area contributed by atoms with Crippen LogP contribution in [0.4, 0.5) is 0 Å². The van der Waals surface area contributed by atoms with E-state index in [1.54, 1.807) is 0 Å². The minimum absolute atomic E-state index is 0.0320. The monoisotopic (exact) mass is 464 g/mol. The first-order valence-electron chi connectivity index (χ1n) is 12.4. The molecule has 7 heteroatoms. The molecule has 0 N–H and O–H groups in total. The Labute approximate surface area is 186 Å². The minimum Gasteiger partial charge on any atom is -0.414 e. The molecule has 0 radical (unpaired) electrons. The molecule has 0 bridgehead atoms. The van der Waals surface area contributed by atoms with Crippen molar-refractivity contribution >= 4 is 33.5 Å². The molecule has 0 aromatic carbocycles. The van der Waals surface area contributed by atoms with Crippen LogP contribution in [0.25, 0.3) is 0 Å². The molecule has 0 amide bonds. The Balaban J connectivity index is 2.11.